The molecular weight excluding hydrogens is 396 g/mol. The van der Waals surface area contributed by atoms with Crippen LogP contribution < -0.4 is 10.1 Å². The molecule has 146 valence electrons. The molecule has 0 spiro atoms. The van der Waals surface area contributed by atoms with Crippen LogP contribution in [-0.4, -0.2) is 40.1 Å². The maximum absolute atomic E-state index is 12.0. The van der Waals surface area contributed by atoms with Crippen LogP contribution in [0.4, 0.5) is 0 Å². The average molecular weight is 417 g/mol. The fourth-order valence-corrected chi connectivity index (χ4v) is 3.47. The van der Waals surface area contributed by atoms with Crippen molar-refractivity contribution < 1.29 is 9.53 Å². The molecule has 28 heavy (non-hydrogen) atoms. The Labute approximate surface area is 173 Å². The van der Waals surface area contributed by atoms with Crippen molar-refractivity contribution >= 4 is 29.3 Å². The monoisotopic (exact) mass is 416 g/mol. The first-order valence-electron chi connectivity index (χ1n) is 8.87. The molecule has 0 bridgehead atoms. The number of rotatable bonds is 8. The van der Waals surface area contributed by atoms with Gasteiger partial charge in [-0.25, -0.2) is 0 Å². The van der Waals surface area contributed by atoms with Crippen LogP contribution in [0.5, 0.6) is 5.75 Å². The van der Waals surface area contributed by atoms with E-state index in [-0.39, 0.29) is 11.7 Å². The summed E-state index contributed by atoms with van der Waals surface area (Å²) in [6.45, 7) is 2.69. The first kappa shape index (κ1) is 20.2. The number of benzene rings is 2. The van der Waals surface area contributed by atoms with E-state index < -0.39 is 0 Å². The predicted molar refractivity (Wildman–Crippen MR) is 112 cm³/mol. The number of nitrogens with one attached hydrogen (secondary N) is 1. The standard InChI is InChI=1S/C20H21ClN4O2S/c1-3-12-22-18(26)13-28-20-24-23-19(14-4-6-15(21)7-5-14)25(20)16-8-10-17(27-2)11-9-16/h4-11H,3,12-13H2,1-2H3,(H,22,26). The van der Waals surface area contributed by atoms with Crippen LogP contribution in [0.1, 0.15) is 13.3 Å². The highest BCUT2D eigenvalue weighted by atomic mass is 35.5. The van der Waals surface area contributed by atoms with E-state index in [1.807, 2.05) is 60.0 Å². The summed E-state index contributed by atoms with van der Waals surface area (Å²) in [6.07, 6.45) is 0.902. The molecule has 2 aromatic carbocycles. The number of halogens is 1. The number of carbonyl (C=O) groups is 1. The molecule has 0 atom stereocenters. The molecule has 1 amide bonds. The van der Waals surface area contributed by atoms with Crippen LogP contribution >= 0.6 is 23.4 Å². The zero-order valence-electron chi connectivity index (χ0n) is 15.7. The molecule has 1 heterocycles. The minimum absolute atomic E-state index is 0.0239. The number of hydrogen-bond donors (Lipinski definition) is 1. The molecule has 8 heteroatoms. The van der Waals surface area contributed by atoms with Crippen molar-refractivity contribution in [2.75, 3.05) is 19.4 Å². The maximum atomic E-state index is 12.0. The van der Waals surface area contributed by atoms with Crippen molar-refractivity contribution in [2.45, 2.75) is 18.5 Å². The Morgan fingerprint density at radius 1 is 1.14 bits per heavy atom. The Bertz CT molecular complexity index is 926. The van der Waals surface area contributed by atoms with Gasteiger partial charge in [0.1, 0.15) is 5.75 Å². The van der Waals surface area contributed by atoms with Gasteiger partial charge in [-0.05, 0) is 55.0 Å². The second kappa shape index (κ2) is 9.61. The highest BCUT2D eigenvalue weighted by Gasteiger charge is 2.17. The van der Waals surface area contributed by atoms with E-state index in [1.54, 1.807) is 7.11 Å². The smallest absolute Gasteiger partial charge is 0.230 e. The fourth-order valence-electron chi connectivity index (χ4n) is 2.56. The molecule has 0 saturated heterocycles. The maximum Gasteiger partial charge on any atom is 0.230 e. The van der Waals surface area contributed by atoms with Gasteiger partial charge < -0.3 is 10.1 Å². The molecule has 0 saturated carbocycles. The van der Waals surface area contributed by atoms with Gasteiger partial charge in [0.2, 0.25) is 5.91 Å². The summed E-state index contributed by atoms with van der Waals surface area (Å²) in [4.78, 5) is 12.0. The van der Waals surface area contributed by atoms with Gasteiger partial charge in [-0.1, -0.05) is 30.3 Å². The van der Waals surface area contributed by atoms with Crippen molar-refractivity contribution in [3.8, 4) is 22.8 Å². The van der Waals surface area contributed by atoms with Crippen LogP contribution in [0.2, 0.25) is 5.02 Å². The van der Waals surface area contributed by atoms with Gasteiger partial charge in [0.15, 0.2) is 11.0 Å². The number of aromatic nitrogens is 3. The van der Waals surface area contributed by atoms with Crippen molar-refractivity contribution in [3.63, 3.8) is 0 Å². The lowest BCUT2D eigenvalue weighted by molar-refractivity contribution is -0.118. The zero-order chi connectivity index (χ0) is 19.9. The first-order valence-corrected chi connectivity index (χ1v) is 10.2. The normalized spacial score (nSPS) is 10.7. The third-order valence-electron chi connectivity index (χ3n) is 3.97. The Morgan fingerprint density at radius 3 is 2.50 bits per heavy atom. The van der Waals surface area contributed by atoms with Gasteiger partial charge in [0.25, 0.3) is 0 Å². The van der Waals surface area contributed by atoms with E-state index in [0.717, 1.165) is 23.4 Å². The van der Waals surface area contributed by atoms with Crippen LogP contribution in [-0.2, 0) is 4.79 Å². The highest BCUT2D eigenvalue weighted by Crippen LogP contribution is 2.29. The number of carbonyl (C=O) groups excluding carboxylic acids is 1. The molecule has 3 rings (SSSR count). The lowest BCUT2D eigenvalue weighted by Crippen LogP contribution is -2.25. The van der Waals surface area contributed by atoms with Crippen molar-refractivity contribution in [3.05, 3.63) is 53.6 Å². The Hall–Kier alpha value is -2.51. The van der Waals surface area contributed by atoms with E-state index in [0.29, 0.717) is 22.5 Å². The third-order valence-corrected chi connectivity index (χ3v) is 5.15. The lowest BCUT2D eigenvalue weighted by atomic mass is 10.2. The van der Waals surface area contributed by atoms with E-state index in [1.165, 1.54) is 11.8 Å². The van der Waals surface area contributed by atoms with E-state index in [9.17, 15) is 4.79 Å². The molecule has 1 aromatic heterocycles. The van der Waals surface area contributed by atoms with Crippen LogP contribution in [0.25, 0.3) is 17.1 Å². The van der Waals surface area contributed by atoms with Gasteiger partial charge in [0, 0.05) is 22.8 Å². The molecule has 0 radical (unpaired) electrons. The summed E-state index contributed by atoms with van der Waals surface area (Å²) < 4.78 is 7.18. The van der Waals surface area contributed by atoms with Crippen molar-refractivity contribution in [1.82, 2.24) is 20.1 Å². The number of methoxy groups -OCH3 is 1. The summed E-state index contributed by atoms with van der Waals surface area (Å²) in [5, 5.41) is 12.8. The SMILES string of the molecule is CCCNC(=O)CSc1nnc(-c2ccc(Cl)cc2)n1-c1ccc(OC)cc1. The van der Waals surface area contributed by atoms with E-state index in [2.05, 4.69) is 15.5 Å². The summed E-state index contributed by atoms with van der Waals surface area (Å²) in [5.41, 5.74) is 1.77. The second-order valence-electron chi connectivity index (χ2n) is 5.99. The van der Waals surface area contributed by atoms with Gasteiger partial charge in [0.05, 0.1) is 12.9 Å². The topological polar surface area (TPSA) is 69.0 Å². The largest absolute Gasteiger partial charge is 0.497 e. The van der Waals surface area contributed by atoms with Crippen molar-refractivity contribution in [1.29, 1.82) is 0 Å². The molecule has 0 aliphatic rings. The summed E-state index contributed by atoms with van der Waals surface area (Å²) in [5.74, 6) is 1.69. The van der Waals surface area contributed by atoms with Crippen LogP contribution in [0.3, 0.4) is 0 Å². The second-order valence-corrected chi connectivity index (χ2v) is 7.36. The summed E-state index contributed by atoms with van der Waals surface area (Å²) >= 11 is 7.36. The average Bonchev–Trinajstić information content (AvgIpc) is 3.15. The van der Waals surface area contributed by atoms with Crippen molar-refractivity contribution in [2.24, 2.45) is 0 Å². The number of hydrogen-bond acceptors (Lipinski definition) is 5. The quantitative estimate of drug-likeness (QED) is 0.557. The molecule has 3 aromatic rings. The molecular formula is C20H21ClN4O2S. The van der Waals surface area contributed by atoms with Crippen LogP contribution in [0, 0.1) is 0 Å². The van der Waals surface area contributed by atoms with Gasteiger partial charge >= 0.3 is 0 Å². The number of amides is 1. The molecule has 0 aliphatic carbocycles. The highest BCUT2D eigenvalue weighted by molar-refractivity contribution is 7.99. The number of thioether (sulfide) groups is 1. The minimum Gasteiger partial charge on any atom is -0.497 e. The number of nitrogens with zero attached hydrogens (tertiary/aromatic N) is 3. The lowest BCUT2D eigenvalue weighted by Gasteiger charge is -2.11. The minimum atomic E-state index is -0.0239. The zero-order valence-corrected chi connectivity index (χ0v) is 17.3. The predicted octanol–water partition coefficient (Wildman–Crippen LogP) is 4.21. The molecule has 0 aliphatic heterocycles. The molecule has 6 nitrogen and oxygen atoms in total. The first-order chi connectivity index (χ1) is 13.6. The van der Waals surface area contributed by atoms with Gasteiger partial charge in [-0.3, -0.25) is 9.36 Å². The Balaban J connectivity index is 1.95. The third kappa shape index (κ3) is 4.85. The summed E-state index contributed by atoms with van der Waals surface area (Å²) in [7, 11) is 1.63. The van der Waals surface area contributed by atoms with Gasteiger partial charge in [-0.15, -0.1) is 10.2 Å². The number of ether oxygens (including phenoxy) is 1. The molecule has 1 N–H and O–H groups in total. The fraction of sp³-hybridized carbons (Fsp3) is 0.250. The molecule has 0 unspecified atom stereocenters. The molecule has 0 fully saturated rings. The Morgan fingerprint density at radius 2 is 1.86 bits per heavy atom. The summed E-state index contributed by atoms with van der Waals surface area (Å²) in [6, 6.07) is 15.0. The van der Waals surface area contributed by atoms with Crippen LogP contribution in [0.15, 0.2) is 53.7 Å². The van der Waals surface area contributed by atoms with E-state index >= 15 is 0 Å². The Kier molecular flexibility index (Phi) is 6.95. The van der Waals surface area contributed by atoms with Gasteiger partial charge in [-0.2, -0.15) is 0 Å². The van der Waals surface area contributed by atoms with E-state index in [4.69, 9.17) is 16.3 Å².